The van der Waals surface area contributed by atoms with Crippen molar-refractivity contribution >= 4 is 17.6 Å². The highest BCUT2D eigenvalue weighted by molar-refractivity contribution is 5.92. The van der Waals surface area contributed by atoms with Crippen LogP contribution in [-0.2, 0) is 14.3 Å². The fourth-order valence-electron chi connectivity index (χ4n) is 3.97. The molecule has 118 valence electrons. The molecule has 4 heteroatoms. The lowest BCUT2D eigenvalue weighted by molar-refractivity contribution is -0.148. The highest BCUT2D eigenvalue weighted by Crippen LogP contribution is 2.49. The Morgan fingerprint density at radius 2 is 2.14 bits per heavy atom. The summed E-state index contributed by atoms with van der Waals surface area (Å²) in [7, 11) is 0. The van der Waals surface area contributed by atoms with E-state index in [2.05, 4.69) is 5.32 Å². The van der Waals surface area contributed by atoms with Crippen molar-refractivity contribution in [3.05, 3.63) is 29.8 Å². The van der Waals surface area contributed by atoms with E-state index in [1.807, 2.05) is 31.2 Å². The van der Waals surface area contributed by atoms with Crippen LogP contribution in [0.1, 0.15) is 37.7 Å². The molecular weight excluding hydrogens is 278 g/mol. The molecule has 4 nitrogen and oxygen atoms in total. The van der Waals surface area contributed by atoms with Crippen molar-refractivity contribution in [1.82, 2.24) is 0 Å². The van der Waals surface area contributed by atoms with Crippen molar-refractivity contribution in [2.45, 2.75) is 39.0 Å². The summed E-state index contributed by atoms with van der Waals surface area (Å²) in [6.07, 6.45) is 5.51. The van der Waals surface area contributed by atoms with Crippen LogP contribution in [-0.4, -0.2) is 18.5 Å². The minimum Gasteiger partial charge on any atom is -0.456 e. The number of aryl methyl sites for hydroxylation is 1. The Balaban J connectivity index is 1.40. The fraction of sp³-hybridized carbons (Fsp3) is 0.556. The van der Waals surface area contributed by atoms with Crippen molar-refractivity contribution < 1.29 is 14.3 Å². The number of ether oxygens (including phenoxy) is 1. The predicted octanol–water partition coefficient (Wildman–Crippen LogP) is 3.30. The van der Waals surface area contributed by atoms with Crippen LogP contribution in [0.5, 0.6) is 0 Å². The van der Waals surface area contributed by atoms with Gasteiger partial charge in [0.1, 0.15) is 0 Å². The second kappa shape index (κ2) is 6.51. The minimum absolute atomic E-state index is 0.201. The highest BCUT2D eigenvalue weighted by atomic mass is 16.5. The third-order valence-electron chi connectivity index (χ3n) is 4.98. The lowest BCUT2D eigenvalue weighted by Crippen LogP contribution is -2.23. The number of fused-ring (bicyclic) bond motifs is 2. The van der Waals surface area contributed by atoms with Gasteiger partial charge in [0.25, 0.3) is 5.91 Å². The molecule has 2 bridgehead atoms. The molecule has 0 heterocycles. The van der Waals surface area contributed by atoms with Crippen molar-refractivity contribution in [2.75, 3.05) is 11.9 Å². The van der Waals surface area contributed by atoms with Crippen LogP contribution in [0.15, 0.2) is 24.3 Å². The zero-order valence-corrected chi connectivity index (χ0v) is 13.0. The molecule has 1 aromatic carbocycles. The van der Waals surface area contributed by atoms with Crippen molar-refractivity contribution in [3.63, 3.8) is 0 Å². The SMILES string of the molecule is Cc1cccc(NC(=O)COC(=O)C[C@@H]2C[C@@H]3CC[C@@H]2C3)c1. The highest BCUT2D eigenvalue weighted by Gasteiger charge is 2.40. The number of carbonyl (C=O) groups excluding carboxylic acids is 2. The van der Waals surface area contributed by atoms with Crippen LogP contribution in [0.2, 0.25) is 0 Å². The first-order valence-corrected chi connectivity index (χ1v) is 8.12. The molecule has 0 saturated heterocycles. The van der Waals surface area contributed by atoms with Gasteiger partial charge in [-0.3, -0.25) is 9.59 Å². The number of amides is 1. The zero-order valence-electron chi connectivity index (χ0n) is 13.0. The monoisotopic (exact) mass is 301 g/mol. The van der Waals surface area contributed by atoms with Gasteiger partial charge >= 0.3 is 5.97 Å². The Labute approximate surface area is 131 Å². The number of nitrogens with one attached hydrogen (secondary N) is 1. The molecule has 3 rings (SSSR count). The molecule has 0 spiro atoms. The number of hydrogen-bond donors (Lipinski definition) is 1. The number of esters is 1. The standard InChI is InChI=1S/C18H23NO3/c1-12-3-2-4-16(7-12)19-17(20)11-22-18(21)10-15-9-13-5-6-14(15)8-13/h2-4,7,13-15H,5-6,8-11H2,1H3,(H,19,20)/t13-,14-,15+/m1/s1. The Kier molecular flexibility index (Phi) is 4.46. The maximum Gasteiger partial charge on any atom is 0.306 e. The van der Waals surface area contributed by atoms with E-state index in [1.54, 1.807) is 0 Å². The summed E-state index contributed by atoms with van der Waals surface area (Å²) in [4.78, 5) is 23.7. The molecule has 1 N–H and O–H groups in total. The van der Waals surface area contributed by atoms with Gasteiger partial charge in [-0.25, -0.2) is 0 Å². The van der Waals surface area contributed by atoms with Crippen LogP contribution in [0, 0.1) is 24.7 Å². The molecule has 1 amide bonds. The molecule has 1 aromatic rings. The lowest BCUT2D eigenvalue weighted by atomic mass is 9.86. The fourth-order valence-corrected chi connectivity index (χ4v) is 3.97. The second-order valence-corrected chi connectivity index (χ2v) is 6.72. The molecule has 2 aliphatic carbocycles. The molecule has 2 saturated carbocycles. The number of anilines is 1. The van der Waals surface area contributed by atoms with E-state index in [0.29, 0.717) is 18.3 Å². The number of carbonyl (C=O) groups is 2. The Bertz CT molecular complexity index is 569. The summed E-state index contributed by atoms with van der Waals surface area (Å²) in [5.74, 6) is 1.49. The van der Waals surface area contributed by atoms with Crippen LogP contribution >= 0.6 is 0 Å². The number of benzene rings is 1. The minimum atomic E-state index is -0.285. The molecule has 0 aromatic heterocycles. The van der Waals surface area contributed by atoms with Crippen LogP contribution in [0.4, 0.5) is 5.69 Å². The molecule has 0 aliphatic heterocycles. The number of rotatable bonds is 5. The Morgan fingerprint density at radius 1 is 1.27 bits per heavy atom. The average Bonchev–Trinajstić information content (AvgIpc) is 3.08. The molecule has 2 fully saturated rings. The molecule has 3 atom stereocenters. The van der Waals surface area contributed by atoms with E-state index in [0.717, 1.165) is 23.6 Å². The zero-order chi connectivity index (χ0) is 15.5. The summed E-state index contributed by atoms with van der Waals surface area (Å²) < 4.78 is 5.12. The van der Waals surface area contributed by atoms with Gasteiger partial charge in [-0.1, -0.05) is 18.6 Å². The van der Waals surface area contributed by atoms with E-state index < -0.39 is 0 Å². The third-order valence-corrected chi connectivity index (χ3v) is 4.98. The summed E-state index contributed by atoms with van der Waals surface area (Å²) >= 11 is 0. The molecular formula is C18H23NO3. The van der Waals surface area contributed by atoms with E-state index in [-0.39, 0.29) is 18.5 Å². The Morgan fingerprint density at radius 3 is 2.82 bits per heavy atom. The van der Waals surface area contributed by atoms with Crippen LogP contribution in [0.3, 0.4) is 0 Å². The topological polar surface area (TPSA) is 55.4 Å². The molecule has 22 heavy (non-hydrogen) atoms. The van der Waals surface area contributed by atoms with E-state index in [4.69, 9.17) is 4.74 Å². The summed E-state index contributed by atoms with van der Waals surface area (Å²) in [5, 5.41) is 2.74. The average molecular weight is 301 g/mol. The van der Waals surface area contributed by atoms with E-state index in [9.17, 15) is 9.59 Å². The van der Waals surface area contributed by atoms with Gasteiger partial charge in [0.2, 0.25) is 0 Å². The maximum atomic E-state index is 11.9. The molecule has 0 radical (unpaired) electrons. The van der Waals surface area contributed by atoms with Gasteiger partial charge in [-0.2, -0.15) is 0 Å². The van der Waals surface area contributed by atoms with E-state index >= 15 is 0 Å². The third kappa shape index (κ3) is 3.67. The first-order valence-electron chi connectivity index (χ1n) is 8.12. The lowest BCUT2D eigenvalue weighted by Gasteiger charge is -2.20. The number of hydrogen-bond acceptors (Lipinski definition) is 3. The van der Waals surface area contributed by atoms with Gasteiger partial charge in [0.05, 0.1) is 0 Å². The second-order valence-electron chi connectivity index (χ2n) is 6.72. The van der Waals surface area contributed by atoms with Crippen LogP contribution in [0.25, 0.3) is 0 Å². The first-order chi connectivity index (χ1) is 10.6. The quantitative estimate of drug-likeness (QED) is 0.849. The summed E-state index contributed by atoms with van der Waals surface area (Å²) in [6.45, 7) is 1.76. The predicted molar refractivity (Wildman–Crippen MR) is 84.3 cm³/mol. The van der Waals surface area contributed by atoms with Crippen LogP contribution < -0.4 is 5.32 Å². The molecule has 0 unspecified atom stereocenters. The molecule has 2 aliphatic rings. The van der Waals surface area contributed by atoms with Gasteiger partial charge in [-0.05, 0) is 61.6 Å². The van der Waals surface area contributed by atoms with Gasteiger partial charge in [-0.15, -0.1) is 0 Å². The first kappa shape index (κ1) is 15.1. The van der Waals surface area contributed by atoms with Gasteiger partial charge < -0.3 is 10.1 Å². The van der Waals surface area contributed by atoms with Crippen molar-refractivity contribution in [2.24, 2.45) is 17.8 Å². The van der Waals surface area contributed by atoms with Crippen molar-refractivity contribution in [1.29, 1.82) is 0 Å². The smallest absolute Gasteiger partial charge is 0.306 e. The maximum absolute atomic E-state index is 11.9. The summed E-state index contributed by atoms with van der Waals surface area (Å²) in [5.41, 5.74) is 1.81. The van der Waals surface area contributed by atoms with E-state index in [1.165, 1.54) is 19.3 Å². The van der Waals surface area contributed by atoms with Gasteiger partial charge in [0, 0.05) is 12.1 Å². The summed E-state index contributed by atoms with van der Waals surface area (Å²) in [6, 6.07) is 7.55. The van der Waals surface area contributed by atoms with Crippen molar-refractivity contribution in [3.8, 4) is 0 Å². The Hall–Kier alpha value is -1.84. The van der Waals surface area contributed by atoms with Gasteiger partial charge in [0.15, 0.2) is 6.61 Å². The normalized spacial score (nSPS) is 26.0. The largest absolute Gasteiger partial charge is 0.456 e.